The van der Waals surface area contributed by atoms with Crippen LogP contribution in [0, 0.1) is 0 Å². The van der Waals surface area contributed by atoms with Crippen molar-refractivity contribution in [1.29, 1.82) is 0 Å². The van der Waals surface area contributed by atoms with E-state index in [-0.39, 0.29) is 24.7 Å². The zero-order valence-electron chi connectivity index (χ0n) is 31.2. The molecule has 0 aromatic heterocycles. The molecule has 0 fully saturated rings. The van der Waals surface area contributed by atoms with Gasteiger partial charge in [0.05, 0.1) is 45.2 Å². The maximum atomic E-state index is 10.5. The normalized spacial score (nSPS) is 11.2. The first-order chi connectivity index (χ1) is 25.5. The molecule has 0 saturated carbocycles. The second kappa shape index (κ2) is 28.0. The second-order valence-corrected chi connectivity index (χ2v) is 16.2. The van der Waals surface area contributed by atoms with Crippen LogP contribution in [-0.4, -0.2) is 104 Å². The summed E-state index contributed by atoms with van der Waals surface area (Å²) in [6.07, 6.45) is 1.12. The van der Waals surface area contributed by atoms with Crippen molar-refractivity contribution in [2.24, 2.45) is 0 Å². The molecule has 0 saturated heterocycles. The SMILES string of the molecule is C.CCOc1ccccc1CNCCCS(=O)(=O)O.COc1ccc(OC)c(CNCCCS(=O)(=O)O)c1.COc1ccccc1CNCCCS(=O)(=O)O. The van der Waals surface area contributed by atoms with Crippen LogP contribution in [0.25, 0.3) is 0 Å². The van der Waals surface area contributed by atoms with Crippen molar-refractivity contribution in [1.82, 2.24) is 16.0 Å². The molecule has 0 heterocycles. The molecule has 3 aromatic carbocycles. The third kappa shape index (κ3) is 26.0. The fraction of sp³-hybridized carbons (Fsp3) is 0.500. The van der Waals surface area contributed by atoms with E-state index in [1.807, 2.05) is 67.6 Å². The van der Waals surface area contributed by atoms with Crippen molar-refractivity contribution >= 4 is 30.4 Å². The van der Waals surface area contributed by atoms with E-state index in [1.54, 1.807) is 27.4 Å². The lowest BCUT2D eigenvalue weighted by Crippen LogP contribution is -2.18. The number of hydrogen-bond donors (Lipinski definition) is 6. The van der Waals surface area contributed by atoms with Crippen LogP contribution in [0.1, 0.15) is 50.3 Å². The molecule has 0 aliphatic heterocycles. The standard InChI is InChI=1S/C12H19NO5S.C12H19NO4S.C11H17NO4S.CH4/c1-17-11-4-5-12(18-2)10(8-11)9-13-6-3-7-19(14,15)16;1-2-17-12-7-4-3-6-11(12)10-13-8-5-9-18(14,15)16;1-16-11-6-3-2-5-10(11)9-12-7-4-8-17(13,14)15;/h4-5,8,13H,3,6-7,9H2,1-2H3,(H,14,15,16);3-4,6-7,13H,2,5,8-10H2,1H3,(H,14,15,16);2-3,5-6,12H,4,7-9H2,1H3,(H,13,14,15);1H4. The Kier molecular flexibility index (Phi) is 26.2. The Labute approximate surface area is 327 Å². The summed E-state index contributed by atoms with van der Waals surface area (Å²) in [5.74, 6) is 2.43. The van der Waals surface area contributed by atoms with E-state index in [9.17, 15) is 25.3 Å². The van der Waals surface area contributed by atoms with Crippen LogP contribution in [0.3, 0.4) is 0 Å². The summed E-state index contributed by atoms with van der Waals surface area (Å²) in [7, 11) is -6.79. The first-order valence-electron chi connectivity index (χ1n) is 17.0. The zero-order valence-corrected chi connectivity index (χ0v) is 33.6. The van der Waals surface area contributed by atoms with Crippen molar-refractivity contribution in [2.75, 3.05) is 64.8 Å². The Balaban J connectivity index is 0.000000789. The van der Waals surface area contributed by atoms with E-state index >= 15 is 0 Å². The van der Waals surface area contributed by atoms with Gasteiger partial charge in [-0.25, -0.2) is 0 Å². The molecule has 0 bridgehead atoms. The third-order valence-corrected chi connectivity index (χ3v) is 9.58. The first kappa shape index (κ1) is 51.5. The quantitative estimate of drug-likeness (QED) is 0.0579. The molecule has 314 valence electrons. The summed E-state index contributed by atoms with van der Waals surface area (Å²) in [5.41, 5.74) is 2.97. The van der Waals surface area contributed by atoms with Crippen LogP contribution in [-0.2, 0) is 50.0 Å². The maximum absolute atomic E-state index is 10.5. The van der Waals surface area contributed by atoms with E-state index in [2.05, 4.69) is 16.0 Å². The average Bonchev–Trinajstić information content (AvgIpc) is 3.11. The van der Waals surface area contributed by atoms with Crippen LogP contribution in [0.5, 0.6) is 23.0 Å². The van der Waals surface area contributed by atoms with Gasteiger partial charge in [-0.15, -0.1) is 0 Å². The first-order valence-corrected chi connectivity index (χ1v) is 21.9. The van der Waals surface area contributed by atoms with Crippen LogP contribution in [0.4, 0.5) is 0 Å². The highest BCUT2D eigenvalue weighted by Gasteiger charge is 2.08. The van der Waals surface area contributed by atoms with Crippen LogP contribution < -0.4 is 34.9 Å². The predicted octanol–water partition coefficient (Wildman–Crippen LogP) is 4.22. The largest absolute Gasteiger partial charge is 0.497 e. The minimum atomic E-state index is -3.88. The summed E-state index contributed by atoms with van der Waals surface area (Å²) in [6.45, 7) is 5.83. The summed E-state index contributed by atoms with van der Waals surface area (Å²) >= 11 is 0. The molecule has 0 atom stereocenters. The molecular weight excluding hydrogens is 779 g/mol. The Hall–Kier alpha value is -3.53. The molecule has 0 unspecified atom stereocenters. The van der Waals surface area contributed by atoms with Crippen molar-refractivity contribution < 1.29 is 57.9 Å². The molecule has 0 aliphatic rings. The van der Waals surface area contributed by atoms with Gasteiger partial charge in [0.25, 0.3) is 30.4 Å². The molecule has 3 aromatic rings. The van der Waals surface area contributed by atoms with Gasteiger partial charge in [-0.05, 0) is 76.2 Å². The third-order valence-electron chi connectivity index (χ3n) is 7.17. The highest BCUT2D eigenvalue weighted by molar-refractivity contribution is 7.86. The van der Waals surface area contributed by atoms with E-state index in [0.717, 1.165) is 39.7 Å². The van der Waals surface area contributed by atoms with E-state index < -0.39 is 30.4 Å². The molecule has 55 heavy (non-hydrogen) atoms. The molecule has 3 rings (SSSR count). The number of methoxy groups -OCH3 is 3. The molecule has 16 nitrogen and oxygen atoms in total. The smallest absolute Gasteiger partial charge is 0.264 e. The average molecular weight is 838 g/mol. The lowest BCUT2D eigenvalue weighted by Gasteiger charge is -2.11. The number of nitrogens with one attached hydrogen (secondary N) is 3. The Morgan fingerprint density at radius 1 is 0.527 bits per heavy atom. The minimum absolute atomic E-state index is 0. The van der Waals surface area contributed by atoms with Gasteiger partial charge in [0, 0.05) is 36.3 Å². The van der Waals surface area contributed by atoms with Crippen molar-refractivity contribution in [3.05, 3.63) is 83.4 Å². The predicted molar refractivity (Wildman–Crippen MR) is 215 cm³/mol. The topological polar surface area (TPSA) is 236 Å². The van der Waals surface area contributed by atoms with Gasteiger partial charge in [0.15, 0.2) is 0 Å². The number of ether oxygens (including phenoxy) is 4. The van der Waals surface area contributed by atoms with Crippen LogP contribution in [0.15, 0.2) is 66.7 Å². The van der Waals surface area contributed by atoms with Gasteiger partial charge in [0.2, 0.25) is 0 Å². The minimum Gasteiger partial charge on any atom is -0.497 e. The number of para-hydroxylation sites is 2. The van der Waals surface area contributed by atoms with Crippen LogP contribution in [0.2, 0.25) is 0 Å². The molecule has 19 heteroatoms. The molecule has 6 N–H and O–H groups in total. The fourth-order valence-electron chi connectivity index (χ4n) is 4.62. The summed E-state index contributed by atoms with van der Waals surface area (Å²) in [5, 5.41) is 9.30. The monoisotopic (exact) mass is 837 g/mol. The number of rotatable bonds is 23. The molecular formula is C36H59N3O13S3. The lowest BCUT2D eigenvalue weighted by molar-refractivity contribution is 0.335. The van der Waals surface area contributed by atoms with Crippen molar-refractivity contribution in [3.8, 4) is 23.0 Å². The zero-order chi connectivity index (χ0) is 40.5. The molecule has 0 aliphatic carbocycles. The number of hydrogen-bond acceptors (Lipinski definition) is 13. The molecule has 0 spiro atoms. The van der Waals surface area contributed by atoms with Gasteiger partial charge >= 0.3 is 0 Å². The highest BCUT2D eigenvalue weighted by Crippen LogP contribution is 2.23. The Morgan fingerprint density at radius 3 is 1.31 bits per heavy atom. The summed E-state index contributed by atoms with van der Waals surface area (Å²) in [6, 6.07) is 20.8. The van der Waals surface area contributed by atoms with E-state index in [0.29, 0.717) is 65.1 Å². The number of benzene rings is 3. The lowest BCUT2D eigenvalue weighted by atomic mass is 10.2. The second-order valence-electron chi connectivity index (χ2n) is 11.5. The Morgan fingerprint density at radius 2 is 0.909 bits per heavy atom. The Bertz CT molecular complexity index is 1830. The van der Waals surface area contributed by atoms with Gasteiger partial charge in [-0.3, -0.25) is 13.7 Å². The highest BCUT2D eigenvalue weighted by atomic mass is 32.2. The van der Waals surface area contributed by atoms with Gasteiger partial charge in [-0.1, -0.05) is 43.8 Å². The van der Waals surface area contributed by atoms with Gasteiger partial charge in [0.1, 0.15) is 23.0 Å². The molecule has 0 radical (unpaired) electrons. The van der Waals surface area contributed by atoms with Crippen LogP contribution >= 0.6 is 0 Å². The van der Waals surface area contributed by atoms with Crippen molar-refractivity contribution in [2.45, 2.75) is 53.2 Å². The molecule has 0 amide bonds. The van der Waals surface area contributed by atoms with E-state index in [1.165, 1.54) is 0 Å². The van der Waals surface area contributed by atoms with E-state index in [4.69, 9.17) is 32.6 Å². The summed E-state index contributed by atoms with van der Waals surface area (Å²) < 4.78 is 110. The van der Waals surface area contributed by atoms with Gasteiger partial charge in [-0.2, -0.15) is 25.3 Å². The van der Waals surface area contributed by atoms with Crippen molar-refractivity contribution in [3.63, 3.8) is 0 Å². The fourth-order valence-corrected chi connectivity index (χ4v) is 6.15. The summed E-state index contributed by atoms with van der Waals surface area (Å²) in [4.78, 5) is 0. The van der Waals surface area contributed by atoms with Gasteiger partial charge < -0.3 is 34.9 Å². The maximum Gasteiger partial charge on any atom is 0.264 e.